The Bertz CT molecular complexity index is 347. The number of nitrogens with zero attached hydrogens (tertiary/aromatic N) is 1. The van der Waals surface area contributed by atoms with Crippen LogP contribution in [-0.4, -0.2) is 23.7 Å². The van der Waals surface area contributed by atoms with E-state index >= 15 is 0 Å². The molecule has 0 heterocycles. The minimum Gasteiger partial charge on any atom is -0.492 e. The largest absolute Gasteiger partial charge is 0.492 e. The second-order valence-electron chi connectivity index (χ2n) is 2.65. The highest BCUT2D eigenvalue weighted by Gasteiger charge is 2.10. The number of aldehydes is 1. The number of nitro groups is 1. The molecule has 0 radical (unpaired) electrons. The van der Waals surface area contributed by atoms with Crippen molar-refractivity contribution in [3.05, 3.63) is 45.9 Å². The molecule has 0 saturated carbocycles. The summed E-state index contributed by atoms with van der Waals surface area (Å²) in [5, 5.41) is 10.5. The highest BCUT2D eigenvalue weighted by atomic mass is 35.5. The monoisotopic (exact) mass is 245 g/mol. The average Bonchev–Trinajstić information content (AvgIpc) is 2.27. The quantitative estimate of drug-likeness (QED) is 0.131. The van der Waals surface area contributed by atoms with E-state index in [4.69, 9.17) is 16.3 Å². The SMILES string of the molecule is C=C(OCCCl)/C(C=O)=C\C(=C/C)[N+](=O)[O-]. The van der Waals surface area contributed by atoms with E-state index in [-0.39, 0.29) is 29.5 Å². The molecule has 0 fully saturated rings. The first kappa shape index (κ1) is 14.4. The smallest absolute Gasteiger partial charge is 0.266 e. The number of carbonyl (C=O) groups is 1. The molecule has 0 bridgehead atoms. The standard InChI is InChI=1S/C10H12ClNO4/c1-3-10(12(14)15)6-9(7-13)8(2)16-5-4-11/h3,6-7H,2,4-5H2,1H3/b9-6-,10-3+. The van der Waals surface area contributed by atoms with Crippen molar-refractivity contribution in [1.82, 2.24) is 0 Å². The average molecular weight is 246 g/mol. The second kappa shape index (κ2) is 7.64. The fourth-order valence-corrected chi connectivity index (χ4v) is 0.903. The van der Waals surface area contributed by atoms with Crippen LogP contribution in [0.2, 0.25) is 0 Å². The van der Waals surface area contributed by atoms with Crippen molar-refractivity contribution in [3.63, 3.8) is 0 Å². The van der Waals surface area contributed by atoms with Gasteiger partial charge in [0.2, 0.25) is 0 Å². The van der Waals surface area contributed by atoms with E-state index in [1.807, 2.05) is 0 Å². The van der Waals surface area contributed by atoms with Crippen molar-refractivity contribution in [3.8, 4) is 0 Å². The van der Waals surface area contributed by atoms with Gasteiger partial charge in [0.25, 0.3) is 5.70 Å². The molecule has 0 aliphatic heterocycles. The Morgan fingerprint density at radius 1 is 1.62 bits per heavy atom. The highest BCUT2D eigenvalue weighted by Crippen LogP contribution is 2.11. The Morgan fingerprint density at radius 2 is 2.25 bits per heavy atom. The van der Waals surface area contributed by atoms with E-state index in [9.17, 15) is 14.9 Å². The van der Waals surface area contributed by atoms with Crippen LogP contribution in [0.25, 0.3) is 0 Å². The van der Waals surface area contributed by atoms with Crippen molar-refractivity contribution in [2.24, 2.45) is 0 Å². The zero-order valence-corrected chi connectivity index (χ0v) is 9.57. The molecule has 0 aromatic heterocycles. The Balaban J connectivity index is 4.84. The number of ether oxygens (including phenoxy) is 1. The molecule has 16 heavy (non-hydrogen) atoms. The van der Waals surface area contributed by atoms with Crippen molar-refractivity contribution < 1.29 is 14.5 Å². The van der Waals surface area contributed by atoms with Gasteiger partial charge in [0.1, 0.15) is 12.4 Å². The van der Waals surface area contributed by atoms with Crippen LogP contribution in [0.1, 0.15) is 6.92 Å². The highest BCUT2D eigenvalue weighted by molar-refractivity contribution is 6.17. The van der Waals surface area contributed by atoms with Gasteiger partial charge in [0, 0.05) is 6.08 Å². The zero-order chi connectivity index (χ0) is 12.6. The summed E-state index contributed by atoms with van der Waals surface area (Å²) >= 11 is 5.38. The van der Waals surface area contributed by atoms with E-state index in [0.29, 0.717) is 6.29 Å². The Kier molecular flexibility index (Phi) is 6.87. The summed E-state index contributed by atoms with van der Waals surface area (Å²) in [5.74, 6) is 0.313. The summed E-state index contributed by atoms with van der Waals surface area (Å²) in [5.41, 5.74) is -0.173. The molecule has 0 amide bonds. The van der Waals surface area contributed by atoms with Gasteiger partial charge in [-0.25, -0.2) is 0 Å². The third kappa shape index (κ3) is 4.75. The minimum atomic E-state index is -0.599. The lowest BCUT2D eigenvalue weighted by molar-refractivity contribution is -0.419. The number of allylic oxidation sites excluding steroid dienone is 3. The predicted molar refractivity (Wildman–Crippen MR) is 60.7 cm³/mol. The van der Waals surface area contributed by atoms with Gasteiger partial charge >= 0.3 is 0 Å². The van der Waals surface area contributed by atoms with Gasteiger partial charge < -0.3 is 4.74 Å². The first-order valence-corrected chi connectivity index (χ1v) is 4.95. The molecule has 0 aliphatic carbocycles. The third-order valence-electron chi connectivity index (χ3n) is 1.61. The summed E-state index contributed by atoms with van der Waals surface area (Å²) in [4.78, 5) is 20.6. The normalized spacial score (nSPS) is 12.1. The number of hydrogen-bond acceptors (Lipinski definition) is 4. The van der Waals surface area contributed by atoms with Crippen LogP contribution in [-0.2, 0) is 9.53 Å². The Hall–Kier alpha value is -1.62. The molecule has 0 unspecified atom stereocenters. The van der Waals surface area contributed by atoms with Gasteiger partial charge in [0.15, 0.2) is 6.29 Å². The maximum Gasteiger partial charge on any atom is 0.266 e. The molecule has 0 saturated heterocycles. The zero-order valence-electron chi connectivity index (χ0n) is 8.81. The molecule has 5 nitrogen and oxygen atoms in total. The molecular weight excluding hydrogens is 234 g/mol. The summed E-state index contributed by atoms with van der Waals surface area (Å²) in [7, 11) is 0. The van der Waals surface area contributed by atoms with Gasteiger partial charge in [-0.1, -0.05) is 6.58 Å². The second-order valence-corrected chi connectivity index (χ2v) is 3.03. The lowest BCUT2D eigenvalue weighted by atomic mass is 10.2. The lowest BCUT2D eigenvalue weighted by Gasteiger charge is -2.05. The summed E-state index contributed by atoms with van der Waals surface area (Å²) in [6, 6.07) is 0. The van der Waals surface area contributed by atoms with Gasteiger partial charge in [-0.05, 0) is 13.0 Å². The van der Waals surface area contributed by atoms with Gasteiger partial charge in [-0.2, -0.15) is 0 Å². The fourth-order valence-electron chi connectivity index (χ4n) is 0.826. The molecule has 0 aliphatic rings. The van der Waals surface area contributed by atoms with E-state index in [1.54, 1.807) is 0 Å². The molecule has 0 rings (SSSR count). The van der Waals surface area contributed by atoms with Crippen molar-refractivity contribution >= 4 is 17.9 Å². The van der Waals surface area contributed by atoms with E-state index in [1.165, 1.54) is 13.0 Å². The van der Waals surface area contributed by atoms with E-state index in [2.05, 4.69) is 6.58 Å². The number of alkyl halides is 1. The number of hydrogen-bond donors (Lipinski definition) is 0. The van der Waals surface area contributed by atoms with Gasteiger partial charge in [-0.3, -0.25) is 14.9 Å². The van der Waals surface area contributed by atoms with Gasteiger partial charge in [-0.15, -0.1) is 11.6 Å². The maximum absolute atomic E-state index is 10.7. The topological polar surface area (TPSA) is 69.4 Å². The molecule has 0 atom stereocenters. The van der Waals surface area contributed by atoms with Gasteiger partial charge in [0.05, 0.1) is 16.4 Å². The lowest BCUT2D eigenvalue weighted by Crippen LogP contribution is -2.02. The molecule has 0 aromatic rings. The Labute approximate surface area is 98.2 Å². The van der Waals surface area contributed by atoms with Crippen LogP contribution in [0.5, 0.6) is 0 Å². The van der Waals surface area contributed by atoms with Crippen LogP contribution < -0.4 is 0 Å². The number of rotatable bonds is 7. The van der Waals surface area contributed by atoms with Crippen LogP contribution in [0.4, 0.5) is 0 Å². The van der Waals surface area contributed by atoms with Crippen LogP contribution in [0.15, 0.2) is 35.8 Å². The first-order valence-electron chi connectivity index (χ1n) is 4.42. The van der Waals surface area contributed by atoms with E-state index < -0.39 is 4.92 Å². The van der Waals surface area contributed by atoms with Crippen molar-refractivity contribution in [1.29, 1.82) is 0 Å². The maximum atomic E-state index is 10.7. The first-order chi connectivity index (χ1) is 7.56. The molecule has 0 spiro atoms. The minimum absolute atomic E-state index is 0.0231. The molecular formula is C10H12ClNO4. The summed E-state index contributed by atoms with van der Waals surface area (Å²) < 4.78 is 4.99. The number of halogens is 1. The summed E-state index contributed by atoms with van der Waals surface area (Å²) in [6.07, 6.45) is 2.82. The van der Waals surface area contributed by atoms with Crippen LogP contribution >= 0.6 is 11.6 Å². The Morgan fingerprint density at radius 3 is 2.62 bits per heavy atom. The number of carbonyl (C=O) groups excluding carboxylic acids is 1. The van der Waals surface area contributed by atoms with Crippen LogP contribution in [0.3, 0.4) is 0 Å². The predicted octanol–water partition coefficient (Wildman–Crippen LogP) is 2.06. The van der Waals surface area contributed by atoms with E-state index in [0.717, 1.165) is 6.08 Å². The molecule has 0 aromatic carbocycles. The van der Waals surface area contributed by atoms with Crippen molar-refractivity contribution in [2.45, 2.75) is 6.92 Å². The van der Waals surface area contributed by atoms with Crippen LogP contribution in [0, 0.1) is 10.1 Å². The third-order valence-corrected chi connectivity index (χ3v) is 1.77. The summed E-state index contributed by atoms with van der Waals surface area (Å²) in [6.45, 7) is 5.17. The molecule has 88 valence electrons. The molecule has 0 N–H and O–H groups in total. The molecule has 6 heteroatoms. The van der Waals surface area contributed by atoms with Crippen molar-refractivity contribution in [2.75, 3.05) is 12.5 Å². The fraction of sp³-hybridized carbons (Fsp3) is 0.300.